The van der Waals surface area contributed by atoms with E-state index < -0.39 is 12.1 Å². The van der Waals surface area contributed by atoms with Crippen molar-refractivity contribution < 1.29 is 40.0 Å². The second-order valence-corrected chi connectivity index (χ2v) is 1.01. The molecule has 0 spiro atoms. The molecule has 0 radical (unpaired) electrons. The Morgan fingerprint density at radius 1 is 1.75 bits per heavy atom. The first-order valence-electron chi connectivity index (χ1n) is 1.84. The van der Waals surface area contributed by atoms with Crippen LogP contribution in [0.1, 0.15) is 6.92 Å². The topological polar surface area (TPSA) is 83.5 Å². The number of carboxylic acid groups (broad SMARTS) is 1. The van der Waals surface area contributed by atoms with Gasteiger partial charge < -0.3 is 10.2 Å². The monoisotopic (exact) mass is 196 g/mol. The molecule has 47 valence electrons. The summed E-state index contributed by atoms with van der Waals surface area (Å²) < 4.78 is 4.59. The maximum atomic E-state index is 9.45. The van der Waals surface area contributed by atoms with Crippen molar-refractivity contribution in [2.45, 2.75) is 13.0 Å². The van der Waals surface area contributed by atoms with Crippen LogP contribution in [-0.2, 0) is 29.8 Å². The van der Waals surface area contributed by atoms with E-state index in [9.17, 15) is 4.79 Å². The maximum absolute atomic E-state index is 9.45. The van der Waals surface area contributed by atoms with Crippen LogP contribution in [0.25, 0.3) is 0 Å². The van der Waals surface area contributed by atoms with Gasteiger partial charge in [-0.05, 0) is 6.92 Å². The van der Waals surface area contributed by atoms with Crippen LogP contribution in [0.5, 0.6) is 0 Å². The van der Waals surface area contributed by atoms with Gasteiger partial charge in [-0.15, -0.1) is 0 Å². The minimum atomic E-state index is -1.23. The first-order chi connectivity index (χ1) is 3.64. The molecular weight excluding hydrogens is 189 g/mol. The number of rotatable bonds is 1. The summed E-state index contributed by atoms with van der Waals surface area (Å²) in [5, 5.41) is 15.8. The molecule has 0 aliphatic carbocycles. The molecule has 0 aromatic carbocycles. The molecule has 5 heteroatoms. The average Bonchev–Trinajstić information content (AvgIpc) is 1.72. The molecule has 0 aliphatic heterocycles. The Labute approximate surface area is 62.9 Å². The summed E-state index contributed by atoms with van der Waals surface area (Å²) in [7, 11) is 0. The Balaban J connectivity index is 0. The van der Waals surface area contributed by atoms with Gasteiger partial charge in [0, 0.05) is 0 Å². The molecule has 0 rings (SSSR count). The number of hydrogen-bond donors (Lipinski definition) is 3. The van der Waals surface area contributed by atoms with Gasteiger partial charge in [-0.3, -0.25) is 0 Å². The zero-order valence-electron chi connectivity index (χ0n) is 4.46. The Morgan fingerprint density at radius 3 is 1.88 bits per heavy atom. The van der Waals surface area contributed by atoms with Crippen molar-refractivity contribution in [1.29, 1.82) is 0 Å². The van der Waals surface area contributed by atoms with E-state index in [0.717, 1.165) is 25.0 Å². The summed E-state index contributed by atoms with van der Waals surface area (Å²) in [5.74, 6) is -1.19. The van der Waals surface area contributed by atoms with Crippen molar-refractivity contribution in [2.75, 3.05) is 0 Å². The summed E-state index contributed by atoms with van der Waals surface area (Å²) in [4.78, 5) is 9.45. The third-order valence-electron chi connectivity index (χ3n) is 0.357. The summed E-state index contributed by atoms with van der Waals surface area (Å²) in [5.41, 5.74) is 0. The first kappa shape index (κ1) is 11.1. The van der Waals surface area contributed by atoms with Crippen LogP contribution in [-0.4, -0.2) is 22.3 Å². The van der Waals surface area contributed by atoms with E-state index in [0.29, 0.717) is 0 Å². The first-order valence-corrected chi connectivity index (χ1v) is 3.26. The number of hydrogen-bond acceptors (Lipinski definition) is 3. The van der Waals surface area contributed by atoms with E-state index in [2.05, 4.69) is 3.68 Å². The fourth-order valence-corrected chi connectivity index (χ4v) is 0. The number of aliphatic hydroxyl groups is 1. The van der Waals surface area contributed by atoms with Crippen molar-refractivity contribution in [1.82, 2.24) is 0 Å². The summed E-state index contributed by atoms with van der Waals surface area (Å²) >= 11 is 1.05. The molecule has 0 bridgehead atoms. The zero-order valence-corrected chi connectivity index (χ0v) is 6.92. The van der Waals surface area contributed by atoms with Gasteiger partial charge in [-0.1, -0.05) is 0 Å². The second kappa shape index (κ2) is 7.27. The van der Waals surface area contributed by atoms with Gasteiger partial charge >= 0.3 is 34.7 Å². The molecule has 0 fully saturated rings. The molecule has 0 amide bonds. The third-order valence-corrected chi connectivity index (χ3v) is 0.357. The van der Waals surface area contributed by atoms with Crippen LogP contribution in [0.4, 0.5) is 0 Å². The van der Waals surface area contributed by atoms with Crippen molar-refractivity contribution in [3.63, 3.8) is 0 Å². The van der Waals surface area contributed by atoms with Gasteiger partial charge in [0.1, 0.15) is 6.10 Å². The predicted molar refractivity (Wildman–Crippen MR) is 23.5 cm³/mol. The number of carboxylic acids is 1. The second-order valence-electron chi connectivity index (χ2n) is 1.01. The molecule has 0 aromatic rings. The standard InChI is InChI=1S/C3H6O3.H2N.Zr/c1-2(4)3(5)6;;/h2,4H,1H3,(H,5,6);1H2;/q;-1;+1. The van der Waals surface area contributed by atoms with E-state index >= 15 is 0 Å². The number of aliphatic carboxylic acids is 1. The normalized spacial score (nSPS) is 10.8. The molecule has 0 aromatic heterocycles. The van der Waals surface area contributed by atoms with Crippen molar-refractivity contribution in [3.8, 4) is 0 Å². The van der Waals surface area contributed by atoms with Crippen molar-refractivity contribution in [2.24, 2.45) is 3.68 Å². The van der Waals surface area contributed by atoms with Crippen LogP contribution >= 0.6 is 0 Å². The van der Waals surface area contributed by atoms with Gasteiger partial charge in [-0.25, -0.2) is 4.79 Å². The fourth-order valence-electron chi connectivity index (χ4n) is 0. The Morgan fingerprint density at radius 2 is 1.88 bits per heavy atom. The molecule has 1 atom stereocenters. The van der Waals surface area contributed by atoms with Crippen LogP contribution < -0.4 is 3.68 Å². The summed E-state index contributed by atoms with van der Waals surface area (Å²) in [6.07, 6.45) is -1.23. The Kier molecular flexibility index (Phi) is 10.1. The van der Waals surface area contributed by atoms with Gasteiger partial charge in [-0.2, -0.15) is 0 Å². The van der Waals surface area contributed by atoms with Crippen molar-refractivity contribution >= 4 is 5.97 Å². The van der Waals surface area contributed by atoms with E-state index in [4.69, 9.17) is 10.2 Å². The molecule has 4 N–H and O–H groups in total. The van der Waals surface area contributed by atoms with Gasteiger partial charge in [0.15, 0.2) is 0 Å². The van der Waals surface area contributed by atoms with Crippen molar-refractivity contribution in [3.05, 3.63) is 0 Å². The van der Waals surface area contributed by atoms with E-state index in [-0.39, 0.29) is 0 Å². The van der Waals surface area contributed by atoms with Gasteiger partial charge in [0.25, 0.3) is 0 Å². The Bertz CT molecular complexity index is 65.5. The quantitative estimate of drug-likeness (QED) is 0.496. The predicted octanol–water partition coefficient (Wildman–Crippen LogP) is -1.14. The number of aliphatic hydroxyl groups excluding tert-OH is 1. The van der Waals surface area contributed by atoms with Gasteiger partial charge in [0.2, 0.25) is 0 Å². The SMILES string of the molecule is CC(O)C(=O)O.[NH2][Zr]. The fraction of sp³-hybridized carbons (Fsp3) is 0.667. The minimum absolute atomic E-state index is 1.05. The Hall–Kier alpha value is 0.273. The van der Waals surface area contributed by atoms with Crippen LogP contribution in [0.2, 0.25) is 0 Å². The molecule has 0 aliphatic rings. The van der Waals surface area contributed by atoms with Crippen LogP contribution in [0.3, 0.4) is 0 Å². The number of carbonyl (C=O) groups is 1. The average molecular weight is 197 g/mol. The van der Waals surface area contributed by atoms with Gasteiger partial charge in [0.05, 0.1) is 0 Å². The molecule has 1 unspecified atom stereocenters. The summed E-state index contributed by atoms with van der Waals surface area (Å²) in [6, 6.07) is 0. The van der Waals surface area contributed by atoms with E-state index in [1.807, 2.05) is 0 Å². The molecule has 0 saturated heterocycles. The molecule has 0 saturated carbocycles. The zero-order chi connectivity index (χ0) is 7.15. The van der Waals surface area contributed by atoms with E-state index in [1.54, 1.807) is 0 Å². The third kappa shape index (κ3) is 9.55. The van der Waals surface area contributed by atoms with Crippen LogP contribution in [0.15, 0.2) is 0 Å². The van der Waals surface area contributed by atoms with E-state index in [1.165, 1.54) is 6.92 Å². The molecule has 4 nitrogen and oxygen atoms in total. The number of nitrogens with two attached hydrogens (primary N) is 1. The molecular formula is C3H8NO3Zr. The molecule has 8 heavy (non-hydrogen) atoms. The summed E-state index contributed by atoms with van der Waals surface area (Å²) in [6.45, 7) is 1.20. The van der Waals surface area contributed by atoms with Crippen LogP contribution in [0, 0.1) is 0 Å². The molecule has 0 heterocycles.